The molecule has 1 aromatic heterocycles. The Balaban J connectivity index is 1.56. The van der Waals surface area contributed by atoms with E-state index < -0.39 is 12.0 Å². The van der Waals surface area contributed by atoms with E-state index in [4.69, 9.17) is 5.11 Å². The van der Waals surface area contributed by atoms with Crippen LogP contribution in [-0.4, -0.2) is 62.7 Å². The van der Waals surface area contributed by atoms with Gasteiger partial charge in [-0.2, -0.15) is 5.10 Å². The lowest BCUT2D eigenvalue weighted by molar-refractivity contribution is -0.140. The standard InChI is InChI=1S/C18H21BrN4O3/c1-13(18(25)26)23-12-15(10-20-23)17(24)22-7-5-21(6-8-22)11-14-3-2-4-16(19)9-14/h2-4,9-10,12-13H,5-8,11H2,1H3,(H,25,26). The van der Waals surface area contributed by atoms with Gasteiger partial charge in [0.1, 0.15) is 6.04 Å². The van der Waals surface area contributed by atoms with E-state index in [9.17, 15) is 9.59 Å². The van der Waals surface area contributed by atoms with Crippen LogP contribution < -0.4 is 0 Å². The number of aliphatic carboxylic acids is 1. The van der Waals surface area contributed by atoms with Gasteiger partial charge in [0.25, 0.3) is 5.91 Å². The zero-order valence-corrected chi connectivity index (χ0v) is 16.1. The smallest absolute Gasteiger partial charge is 0.328 e. The molecule has 0 radical (unpaired) electrons. The molecule has 26 heavy (non-hydrogen) atoms. The highest BCUT2D eigenvalue weighted by Crippen LogP contribution is 2.16. The summed E-state index contributed by atoms with van der Waals surface area (Å²) in [6, 6.07) is 7.44. The Labute approximate surface area is 160 Å². The quantitative estimate of drug-likeness (QED) is 0.802. The second-order valence-electron chi connectivity index (χ2n) is 6.42. The zero-order chi connectivity index (χ0) is 18.7. The molecular formula is C18H21BrN4O3. The summed E-state index contributed by atoms with van der Waals surface area (Å²) in [5, 5.41) is 13.0. The monoisotopic (exact) mass is 420 g/mol. The molecule has 1 aliphatic heterocycles. The SMILES string of the molecule is CC(C(=O)O)n1cc(C(=O)N2CCN(Cc3cccc(Br)c3)CC2)cn1. The number of hydrogen-bond donors (Lipinski definition) is 1. The van der Waals surface area contributed by atoms with Crippen LogP contribution in [0.4, 0.5) is 0 Å². The first-order chi connectivity index (χ1) is 12.4. The zero-order valence-electron chi connectivity index (χ0n) is 14.5. The van der Waals surface area contributed by atoms with Crippen LogP contribution in [0.1, 0.15) is 28.9 Å². The van der Waals surface area contributed by atoms with Crippen LogP contribution in [0.3, 0.4) is 0 Å². The third-order valence-corrected chi connectivity index (χ3v) is 5.05. The van der Waals surface area contributed by atoms with Crippen LogP contribution in [0, 0.1) is 0 Å². The summed E-state index contributed by atoms with van der Waals surface area (Å²) in [4.78, 5) is 27.8. The Morgan fingerprint density at radius 2 is 2.00 bits per heavy atom. The molecule has 0 bridgehead atoms. The van der Waals surface area contributed by atoms with Gasteiger partial charge in [0.2, 0.25) is 0 Å². The van der Waals surface area contributed by atoms with E-state index in [0.717, 1.165) is 24.1 Å². The molecule has 2 aromatic rings. The summed E-state index contributed by atoms with van der Waals surface area (Å²) in [6.07, 6.45) is 2.95. The van der Waals surface area contributed by atoms with E-state index in [0.29, 0.717) is 18.7 Å². The summed E-state index contributed by atoms with van der Waals surface area (Å²) in [5.74, 6) is -1.08. The number of carboxylic acids is 1. The van der Waals surface area contributed by atoms with Crippen molar-refractivity contribution in [1.29, 1.82) is 0 Å². The van der Waals surface area contributed by atoms with E-state index in [2.05, 4.69) is 38.1 Å². The van der Waals surface area contributed by atoms with E-state index in [-0.39, 0.29) is 5.91 Å². The molecule has 1 N–H and O–H groups in total. The van der Waals surface area contributed by atoms with Crippen molar-refractivity contribution in [2.24, 2.45) is 0 Å². The Kier molecular flexibility index (Phi) is 5.73. The highest BCUT2D eigenvalue weighted by atomic mass is 79.9. The van der Waals surface area contributed by atoms with Gasteiger partial charge in [-0.05, 0) is 24.6 Å². The van der Waals surface area contributed by atoms with Gasteiger partial charge in [0.05, 0.1) is 11.8 Å². The van der Waals surface area contributed by atoms with Crippen LogP contribution in [0.15, 0.2) is 41.1 Å². The van der Waals surface area contributed by atoms with E-state index >= 15 is 0 Å². The maximum absolute atomic E-state index is 12.6. The fourth-order valence-electron chi connectivity index (χ4n) is 2.96. The van der Waals surface area contributed by atoms with Gasteiger partial charge >= 0.3 is 5.97 Å². The van der Waals surface area contributed by atoms with Crippen molar-refractivity contribution in [3.8, 4) is 0 Å². The fraction of sp³-hybridized carbons (Fsp3) is 0.389. The predicted molar refractivity (Wildman–Crippen MR) is 99.9 cm³/mol. The molecule has 1 fully saturated rings. The number of carbonyl (C=O) groups excluding carboxylic acids is 1. The molecule has 3 rings (SSSR count). The van der Waals surface area contributed by atoms with Gasteiger partial charge in [0.15, 0.2) is 0 Å². The molecule has 7 nitrogen and oxygen atoms in total. The van der Waals surface area contributed by atoms with Gasteiger partial charge in [-0.1, -0.05) is 28.1 Å². The molecule has 0 saturated carbocycles. The second-order valence-corrected chi connectivity index (χ2v) is 7.34. The number of piperazine rings is 1. The van der Waals surface area contributed by atoms with Crippen molar-refractivity contribution in [3.05, 3.63) is 52.3 Å². The highest BCUT2D eigenvalue weighted by Gasteiger charge is 2.24. The first-order valence-corrected chi connectivity index (χ1v) is 9.26. The van der Waals surface area contributed by atoms with Gasteiger partial charge in [-0.15, -0.1) is 0 Å². The number of carboxylic acid groups (broad SMARTS) is 1. The number of halogens is 1. The molecule has 0 aliphatic carbocycles. The second kappa shape index (κ2) is 8.01. The lowest BCUT2D eigenvalue weighted by Gasteiger charge is -2.34. The van der Waals surface area contributed by atoms with Crippen molar-refractivity contribution in [3.63, 3.8) is 0 Å². The third-order valence-electron chi connectivity index (χ3n) is 4.56. The average Bonchev–Trinajstić information content (AvgIpc) is 3.11. The van der Waals surface area contributed by atoms with Gasteiger partial charge in [0, 0.05) is 43.4 Å². The van der Waals surface area contributed by atoms with E-state index in [1.807, 2.05) is 12.1 Å². The van der Waals surface area contributed by atoms with Crippen molar-refractivity contribution in [1.82, 2.24) is 19.6 Å². The molecule has 8 heteroatoms. The summed E-state index contributed by atoms with van der Waals surface area (Å²) in [6.45, 7) is 5.29. The summed E-state index contributed by atoms with van der Waals surface area (Å²) in [5.41, 5.74) is 1.67. The summed E-state index contributed by atoms with van der Waals surface area (Å²) in [7, 11) is 0. The first-order valence-electron chi connectivity index (χ1n) is 8.47. The minimum Gasteiger partial charge on any atom is -0.480 e. The molecule has 1 aliphatic rings. The van der Waals surface area contributed by atoms with Gasteiger partial charge < -0.3 is 10.0 Å². The molecular weight excluding hydrogens is 400 g/mol. The number of aromatic nitrogens is 2. The normalized spacial score (nSPS) is 16.5. The highest BCUT2D eigenvalue weighted by molar-refractivity contribution is 9.10. The van der Waals surface area contributed by atoms with Crippen LogP contribution in [0.5, 0.6) is 0 Å². The Morgan fingerprint density at radius 1 is 1.27 bits per heavy atom. The molecule has 2 heterocycles. The summed E-state index contributed by atoms with van der Waals surface area (Å²) >= 11 is 3.49. The lowest BCUT2D eigenvalue weighted by Crippen LogP contribution is -2.48. The van der Waals surface area contributed by atoms with Gasteiger partial charge in [-0.3, -0.25) is 14.4 Å². The lowest BCUT2D eigenvalue weighted by atomic mass is 10.2. The van der Waals surface area contributed by atoms with Crippen LogP contribution >= 0.6 is 15.9 Å². The molecule has 1 unspecified atom stereocenters. The number of carbonyl (C=O) groups is 2. The largest absolute Gasteiger partial charge is 0.480 e. The van der Waals surface area contributed by atoms with E-state index in [1.54, 1.807) is 4.90 Å². The van der Waals surface area contributed by atoms with Crippen molar-refractivity contribution in [2.75, 3.05) is 26.2 Å². The average molecular weight is 421 g/mol. The van der Waals surface area contributed by atoms with Crippen molar-refractivity contribution >= 4 is 27.8 Å². The Bertz CT molecular complexity index is 799. The van der Waals surface area contributed by atoms with Crippen molar-refractivity contribution in [2.45, 2.75) is 19.5 Å². The first kappa shape index (κ1) is 18.6. The minimum absolute atomic E-state index is 0.101. The topological polar surface area (TPSA) is 78.7 Å². The van der Waals surface area contributed by atoms with Crippen LogP contribution in [-0.2, 0) is 11.3 Å². The van der Waals surface area contributed by atoms with Crippen LogP contribution in [0.2, 0.25) is 0 Å². The number of nitrogens with zero attached hydrogens (tertiary/aromatic N) is 4. The molecule has 1 atom stereocenters. The Hall–Kier alpha value is -2.19. The third kappa shape index (κ3) is 4.31. The predicted octanol–water partition coefficient (Wildman–Crippen LogP) is 2.25. The van der Waals surface area contributed by atoms with E-state index in [1.165, 1.54) is 29.6 Å². The molecule has 1 amide bonds. The number of rotatable bonds is 5. The number of hydrogen-bond acceptors (Lipinski definition) is 4. The Morgan fingerprint density at radius 3 is 2.65 bits per heavy atom. The number of amides is 1. The van der Waals surface area contributed by atoms with Crippen molar-refractivity contribution < 1.29 is 14.7 Å². The number of benzene rings is 1. The molecule has 138 valence electrons. The maximum Gasteiger partial charge on any atom is 0.328 e. The molecule has 1 aromatic carbocycles. The maximum atomic E-state index is 12.6. The molecule has 0 spiro atoms. The molecule has 1 saturated heterocycles. The van der Waals surface area contributed by atoms with Crippen LogP contribution in [0.25, 0.3) is 0 Å². The van der Waals surface area contributed by atoms with Gasteiger partial charge in [-0.25, -0.2) is 4.79 Å². The minimum atomic E-state index is -0.978. The fourth-order valence-corrected chi connectivity index (χ4v) is 3.41. The summed E-state index contributed by atoms with van der Waals surface area (Å²) < 4.78 is 2.37.